The average Bonchev–Trinajstić information content (AvgIpc) is 2.62. The number of nitrogens with two attached hydrogens (primary N) is 1. The Morgan fingerprint density at radius 3 is 3.07 bits per heavy atom. The normalized spacial score (nSPS) is 31.8. The highest BCUT2D eigenvalue weighted by atomic mass is 32.2. The van der Waals surface area contributed by atoms with E-state index in [2.05, 4.69) is 0 Å². The molecule has 0 aromatic carbocycles. The molecule has 0 spiro atoms. The fraction of sp³-hybridized carbons (Fsp3) is 0.900. The Morgan fingerprint density at radius 1 is 1.53 bits per heavy atom. The van der Waals surface area contributed by atoms with Gasteiger partial charge in [0, 0.05) is 18.3 Å². The zero-order chi connectivity index (χ0) is 10.7. The number of nitrogens with zero attached hydrogens (tertiary/aromatic N) is 1. The number of hydrogen-bond acceptors (Lipinski definition) is 4. The highest BCUT2D eigenvalue weighted by molar-refractivity contribution is 7.99. The van der Waals surface area contributed by atoms with Crippen LogP contribution in [0.25, 0.3) is 0 Å². The number of carbonyl (C=O) groups excluding carboxylic acids is 1. The van der Waals surface area contributed by atoms with Crippen LogP contribution in [-0.4, -0.2) is 47.7 Å². The van der Waals surface area contributed by atoms with Crippen LogP contribution in [0.3, 0.4) is 0 Å². The summed E-state index contributed by atoms with van der Waals surface area (Å²) in [5.74, 6) is 1.22. The lowest BCUT2D eigenvalue weighted by molar-refractivity contribution is 0.157. The molecule has 0 saturated carbocycles. The number of amides is 1. The second kappa shape index (κ2) is 5.07. The van der Waals surface area contributed by atoms with Gasteiger partial charge in [0.2, 0.25) is 0 Å². The third kappa shape index (κ3) is 2.58. The van der Waals surface area contributed by atoms with E-state index in [0.29, 0.717) is 18.4 Å². The molecule has 0 aliphatic carbocycles. The van der Waals surface area contributed by atoms with Gasteiger partial charge in [-0.2, -0.15) is 11.8 Å². The van der Waals surface area contributed by atoms with Gasteiger partial charge in [0.15, 0.2) is 0 Å². The topological polar surface area (TPSA) is 55.6 Å². The number of carbonyl (C=O) groups is 1. The highest BCUT2D eigenvalue weighted by Crippen LogP contribution is 2.27. The molecule has 15 heavy (non-hydrogen) atoms. The van der Waals surface area contributed by atoms with Crippen LogP contribution in [-0.2, 0) is 4.74 Å². The molecule has 0 radical (unpaired) electrons. The minimum Gasteiger partial charge on any atom is -0.447 e. The fourth-order valence-corrected chi connectivity index (χ4v) is 3.38. The molecule has 2 fully saturated rings. The number of rotatable bonds is 3. The standard InChI is InChI=1S/C10H18N2O2S/c11-5-8-7-14-10(13)12(8)6-9-3-1-2-4-15-9/h8-9H,1-7,11H2. The maximum absolute atomic E-state index is 11.5. The van der Waals surface area contributed by atoms with Crippen LogP contribution in [0.1, 0.15) is 19.3 Å². The van der Waals surface area contributed by atoms with Gasteiger partial charge < -0.3 is 10.5 Å². The third-order valence-corrected chi connectivity index (χ3v) is 4.40. The molecule has 5 heteroatoms. The molecule has 1 amide bonds. The lowest BCUT2D eigenvalue weighted by atomic mass is 10.1. The van der Waals surface area contributed by atoms with Crippen molar-refractivity contribution in [2.75, 3.05) is 25.4 Å². The summed E-state index contributed by atoms with van der Waals surface area (Å²) in [4.78, 5) is 13.3. The van der Waals surface area contributed by atoms with Crippen LogP contribution >= 0.6 is 11.8 Å². The zero-order valence-electron chi connectivity index (χ0n) is 8.85. The van der Waals surface area contributed by atoms with E-state index in [4.69, 9.17) is 10.5 Å². The van der Waals surface area contributed by atoms with Crippen molar-refractivity contribution in [3.63, 3.8) is 0 Å². The maximum atomic E-state index is 11.5. The Kier molecular flexibility index (Phi) is 3.75. The van der Waals surface area contributed by atoms with Gasteiger partial charge in [-0.1, -0.05) is 6.42 Å². The van der Waals surface area contributed by atoms with Crippen molar-refractivity contribution in [2.24, 2.45) is 5.73 Å². The minimum atomic E-state index is -0.184. The first-order valence-electron chi connectivity index (χ1n) is 5.56. The van der Waals surface area contributed by atoms with E-state index in [0.717, 1.165) is 6.54 Å². The summed E-state index contributed by atoms with van der Waals surface area (Å²) in [5, 5.41) is 0.582. The third-order valence-electron chi connectivity index (χ3n) is 3.02. The molecule has 2 N–H and O–H groups in total. The van der Waals surface area contributed by atoms with Crippen LogP contribution in [0.15, 0.2) is 0 Å². The van der Waals surface area contributed by atoms with Crippen LogP contribution in [0.5, 0.6) is 0 Å². The number of ether oxygens (including phenoxy) is 1. The van der Waals surface area contributed by atoms with Gasteiger partial charge in [-0.3, -0.25) is 4.90 Å². The van der Waals surface area contributed by atoms with Gasteiger partial charge in [-0.05, 0) is 18.6 Å². The van der Waals surface area contributed by atoms with E-state index in [-0.39, 0.29) is 12.1 Å². The van der Waals surface area contributed by atoms with E-state index in [1.54, 1.807) is 0 Å². The lowest BCUT2D eigenvalue weighted by Gasteiger charge is -2.27. The SMILES string of the molecule is NCC1COC(=O)N1CC1CCCCS1. The lowest BCUT2D eigenvalue weighted by Crippen LogP contribution is -2.42. The molecule has 2 heterocycles. The monoisotopic (exact) mass is 230 g/mol. The number of cyclic esters (lactones) is 1. The second-order valence-electron chi connectivity index (χ2n) is 4.11. The molecular weight excluding hydrogens is 212 g/mol. The van der Waals surface area contributed by atoms with E-state index in [9.17, 15) is 4.79 Å². The molecule has 2 unspecified atom stereocenters. The first kappa shape index (κ1) is 11.1. The largest absolute Gasteiger partial charge is 0.447 e. The summed E-state index contributed by atoms with van der Waals surface area (Å²) in [7, 11) is 0. The smallest absolute Gasteiger partial charge is 0.410 e. The van der Waals surface area contributed by atoms with Crippen LogP contribution < -0.4 is 5.73 Å². The first-order chi connectivity index (χ1) is 7.31. The molecule has 4 nitrogen and oxygen atoms in total. The molecule has 2 rings (SSSR count). The number of hydrogen-bond donors (Lipinski definition) is 1. The van der Waals surface area contributed by atoms with Gasteiger partial charge in [0.1, 0.15) is 6.61 Å². The minimum absolute atomic E-state index is 0.0972. The van der Waals surface area contributed by atoms with Gasteiger partial charge in [0.25, 0.3) is 0 Å². The summed E-state index contributed by atoms with van der Waals surface area (Å²) < 4.78 is 5.01. The van der Waals surface area contributed by atoms with Crippen molar-refractivity contribution in [1.82, 2.24) is 4.90 Å². The van der Waals surface area contributed by atoms with Gasteiger partial charge in [-0.15, -0.1) is 0 Å². The summed E-state index contributed by atoms with van der Waals surface area (Å²) in [6.07, 6.45) is 3.63. The van der Waals surface area contributed by atoms with E-state index >= 15 is 0 Å². The van der Waals surface area contributed by atoms with Gasteiger partial charge in [-0.25, -0.2) is 4.79 Å². The van der Waals surface area contributed by atoms with Crippen LogP contribution in [0, 0.1) is 0 Å². The predicted molar refractivity (Wildman–Crippen MR) is 61.0 cm³/mol. The summed E-state index contributed by atoms with van der Waals surface area (Å²) in [6, 6.07) is 0.0972. The van der Waals surface area contributed by atoms with Crippen LogP contribution in [0.2, 0.25) is 0 Å². The molecular formula is C10H18N2O2S. The molecule has 2 aliphatic heterocycles. The quantitative estimate of drug-likeness (QED) is 0.787. The molecule has 0 aromatic heterocycles. The molecule has 2 saturated heterocycles. The Hall–Kier alpha value is -0.420. The Balaban J connectivity index is 1.88. The van der Waals surface area contributed by atoms with Crippen molar-refractivity contribution in [2.45, 2.75) is 30.6 Å². The number of thioether (sulfide) groups is 1. The van der Waals surface area contributed by atoms with Gasteiger partial charge >= 0.3 is 6.09 Å². The van der Waals surface area contributed by atoms with Crippen molar-refractivity contribution >= 4 is 17.9 Å². The van der Waals surface area contributed by atoms with Gasteiger partial charge in [0.05, 0.1) is 6.04 Å². The van der Waals surface area contributed by atoms with Crippen molar-refractivity contribution in [1.29, 1.82) is 0 Å². The average molecular weight is 230 g/mol. The molecule has 2 atom stereocenters. The van der Waals surface area contributed by atoms with Crippen molar-refractivity contribution in [3.8, 4) is 0 Å². The zero-order valence-corrected chi connectivity index (χ0v) is 9.67. The Morgan fingerprint density at radius 2 is 2.40 bits per heavy atom. The maximum Gasteiger partial charge on any atom is 0.410 e. The predicted octanol–water partition coefficient (Wildman–Crippen LogP) is 1.05. The molecule has 86 valence electrons. The van der Waals surface area contributed by atoms with Crippen LogP contribution in [0.4, 0.5) is 4.79 Å². The highest BCUT2D eigenvalue weighted by Gasteiger charge is 2.33. The summed E-state index contributed by atoms with van der Waals surface area (Å²) in [5.41, 5.74) is 5.61. The van der Waals surface area contributed by atoms with E-state index in [1.165, 1.54) is 25.0 Å². The Bertz CT molecular complexity index is 231. The molecule has 2 aliphatic rings. The molecule has 0 bridgehead atoms. The summed E-state index contributed by atoms with van der Waals surface area (Å²) >= 11 is 1.97. The van der Waals surface area contributed by atoms with E-state index < -0.39 is 0 Å². The second-order valence-corrected chi connectivity index (χ2v) is 5.52. The van der Waals surface area contributed by atoms with Crippen molar-refractivity contribution in [3.05, 3.63) is 0 Å². The van der Waals surface area contributed by atoms with Crippen molar-refractivity contribution < 1.29 is 9.53 Å². The Labute approximate surface area is 94.5 Å². The van der Waals surface area contributed by atoms with E-state index in [1.807, 2.05) is 16.7 Å². The molecule has 0 aromatic rings. The first-order valence-corrected chi connectivity index (χ1v) is 6.61. The summed E-state index contributed by atoms with van der Waals surface area (Å²) in [6.45, 7) is 1.78. The fourth-order valence-electron chi connectivity index (χ4n) is 2.08.